The minimum Gasteiger partial charge on any atom is -0.406 e. The molecular weight excluding hydrogens is 424 g/mol. The van der Waals surface area contributed by atoms with Crippen LogP contribution in [0.5, 0.6) is 5.75 Å². The summed E-state index contributed by atoms with van der Waals surface area (Å²) in [5.41, 5.74) is 0.482. The molecule has 5 nitrogen and oxygen atoms in total. The molecule has 0 radical (unpaired) electrons. The molecule has 2 rings (SSSR count). The third-order valence-corrected chi connectivity index (χ3v) is 5.98. The van der Waals surface area contributed by atoms with E-state index in [1.807, 2.05) is 0 Å². The van der Waals surface area contributed by atoms with Crippen LogP contribution in [0.1, 0.15) is 11.1 Å². The lowest BCUT2D eigenvalue weighted by Gasteiger charge is -2.25. The summed E-state index contributed by atoms with van der Waals surface area (Å²) in [4.78, 5) is 0. The molecule has 0 amide bonds. The molecule has 0 aliphatic carbocycles. The van der Waals surface area contributed by atoms with Gasteiger partial charge in [-0.15, -0.1) is 13.2 Å². The summed E-state index contributed by atoms with van der Waals surface area (Å²) in [6, 6.07) is 8.86. The smallest absolute Gasteiger partial charge is 0.406 e. The van der Waals surface area contributed by atoms with E-state index in [2.05, 4.69) is 4.74 Å². The van der Waals surface area contributed by atoms with Crippen LogP contribution in [-0.2, 0) is 23.3 Å². The van der Waals surface area contributed by atoms with Gasteiger partial charge in [0.15, 0.2) is 0 Å². The Hall–Kier alpha value is -1.88. The Morgan fingerprint density at radius 2 is 1.57 bits per heavy atom. The van der Waals surface area contributed by atoms with Gasteiger partial charge in [-0.05, 0) is 29.8 Å². The van der Waals surface area contributed by atoms with Crippen molar-refractivity contribution in [2.24, 2.45) is 0 Å². The average molecular weight is 441 g/mol. The van der Waals surface area contributed by atoms with Crippen LogP contribution in [0, 0.1) is 5.82 Å². The first-order valence-electron chi connectivity index (χ1n) is 7.85. The first-order chi connectivity index (χ1) is 12.9. The summed E-state index contributed by atoms with van der Waals surface area (Å²) < 4.78 is 81.4. The van der Waals surface area contributed by atoms with E-state index in [4.69, 9.17) is 11.6 Å². The molecule has 0 aliphatic rings. The summed E-state index contributed by atoms with van der Waals surface area (Å²) in [5.74, 6) is -1.04. The highest BCUT2D eigenvalue weighted by molar-refractivity contribution is 7.86. The van der Waals surface area contributed by atoms with Crippen molar-refractivity contribution < 1.29 is 30.7 Å². The van der Waals surface area contributed by atoms with Crippen LogP contribution in [0.2, 0.25) is 5.02 Å². The summed E-state index contributed by atoms with van der Waals surface area (Å²) in [6.07, 6.45) is -4.81. The van der Waals surface area contributed by atoms with Gasteiger partial charge in [0.2, 0.25) is 0 Å². The average Bonchev–Trinajstić information content (AvgIpc) is 2.58. The van der Waals surface area contributed by atoms with Crippen LogP contribution in [-0.4, -0.2) is 37.5 Å². The second-order valence-corrected chi connectivity index (χ2v) is 8.46. The van der Waals surface area contributed by atoms with Crippen molar-refractivity contribution in [3.05, 3.63) is 64.4 Å². The van der Waals surface area contributed by atoms with Crippen LogP contribution in [0.4, 0.5) is 17.6 Å². The topological polar surface area (TPSA) is 49.9 Å². The Bertz CT molecular complexity index is 901. The van der Waals surface area contributed by atoms with E-state index in [0.29, 0.717) is 5.56 Å². The normalized spacial score (nSPS) is 12.6. The molecule has 0 atom stereocenters. The van der Waals surface area contributed by atoms with Crippen LogP contribution in [0.15, 0.2) is 42.5 Å². The van der Waals surface area contributed by atoms with Crippen LogP contribution in [0.25, 0.3) is 0 Å². The van der Waals surface area contributed by atoms with Crippen LogP contribution >= 0.6 is 11.6 Å². The zero-order chi connectivity index (χ0) is 21.1. The number of rotatable bonds is 7. The maximum absolute atomic E-state index is 13.9. The molecule has 28 heavy (non-hydrogen) atoms. The van der Waals surface area contributed by atoms with E-state index >= 15 is 0 Å². The third-order valence-electron chi connectivity index (χ3n) is 3.79. The first-order valence-corrected chi connectivity index (χ1v) is 9.63. The molecule has 0 unspecified atom stereocenters. The number of hydrogen-bond donors (Lipinski definition) is 0. The Kier molecular flexibility index (Phi) is 6.92. The van der Waals surface area contributed by atoms with Gasteiger partial charge >= 0.3 is 6.36 Å². The van der Waals surface area contributed by atoms with Gasteiger partial charge in [-0.3, -0.25) is 0 Å². The van der Waals surface area contributed by atoms with Gasteiger partial charge in [0.05, 0.1) is 0 Å². The Labute approximate surface area is 165 Å². The first kappa shape index (κ1) is 22.4. The molecule has 0 N–H and O–H groups in total. The molecule has 2 aromatic rings. The molecule has 11 heteroatoms. The summed E-state index contributed by atoms with van der Waals surface area (Å²) >= 11 is 5.93. The number of ether oxygens (including phenoxy) is 1. The van der Waals surface area contributed by atoms with E-state index < -0.39 is 28.1 Å². The lowest BCUT2D eigenvalue weighted by molar-refractivity contribution is -0.274. The second kappa shape index (κ2) is 8.64. The number of alkyl halides is 3. The van der Waals surface area contributed by atoms with Crippen molar-refractivity contribution in [3.8, 4) is 5.75 Å². The van der Waals surface area contributed by atoms with Gasteiger partial charge in [-0.25, -0.2) is 4.39 Å². The van der Waals surface area contributed by atoms with Crippen molar-refractivity contribution in [1.82, 2.24) is 8.61 Å². The molecular formula is C17H17ClF4N2O3S. The van der Waals surface area contributed by atoms with Crippen molar-refractivity contribution in [1.29, 1.82) is 0 Å². The lowest BCUT2D eigenvalue weighted by atomic mass is 10.2. The molecule has 154 valence electrons. The lowest BCUT2D eigenvalue weighted by Crippen LogP contribution is -2.39. The minimum absolute atomic E-state index is 0.0392. The standard InChI is InChI=1S/C17H17ClF4N2O3S/c1-23(10-12-6-8-13(9-7-12)27-17(20,21)22)28(25,26)24(2)11-14-15(18)4-3-5-16(14)19/h3-9H,10-11H2,1-2H3. The zero-order valence-electron chi connectivity index (χ0n) is 14.9. The van der Waals surface area contributed by atoms with Gasteiger partial charge in [0.25, 0.3) is 10.2 Å². The number of benzene rings is 2. The third kappa shape index (κ3) is 5.81. The molecule has 2 aromatic carbocycles. The summed E-state index contributed by atoms with van der Waals surface area (Å²) in [6.45, 7) is -0.388. The van der Waals surface area contributed by atoms with E-state index in [-0.39, 0.29) is 23.7 Å². The molecule has 0 aromatic heterocycles. The van der Waals surface area contributed by atoms with Crippen molar-refractivity contribution in [2.75, 3.05) is 14.1 Å². The number of halogens is 5. The fraction of sp³-hybridized carbons (Fsp3) is 0.294. The highest BCUT2D eigenvalue weighted by atomic mass is 35.5. The predicted molar refractivity (Wildman–Crippen MR) is 96.4 cm³/mol. The number of hydrogen-bond acceptors (Lipinski definition) is 3. The Morgan fingerprint density at radius 3 is 2.11 bits per heavy atom. The monoisotopic (exact) mass is 440 g/mol. The largest absolute Gasteiger partial charge is 0.573 e. The molecule has 0 fully saturated rings. The number of nitrogens with zero attached hydrogens (tertiary/aromatic N) is 2. The molecule has 0 spiro atoms. The zero-order valence-corrected chi connectivity index (χ0v) is 16.4. The van der Waals surface area contributed by atoms with E-state index in [1.54, 1.807) is 0 Å². The Morgan fingerprint density at radius 1 is 1.00 bits per heavy atom. The highest BCUT2D eigenvalue weighted by Gasteiger charge is 2.31. The van der Waals surface area contributed by atoms with Crippen molar-refractivity contribution in [3.63, 3.8) is 0 Å². The van der Waals surface area contributed by atoms with E-state index in [1.165, 1.54) is 44.4 Å². The van der Waals surface area contributed by atoms with Crippen molar-refractivity contribution >= 4 is 21.8 Å². The predicted octanol–water partition coefficient (Wildman–Crippen LogP) is 4.19. The Balaban J connectivity index is 2.08. The minimum atomic E-state index is -4.81. The molecule has 0 saturated carbocycles. The SMILES string of the molecule is CN(Cc1ccc(OC(F)(F)F)cc1)S(=O)(=O)N(C)Cc1c(F)cccc1Cl. The van der Waals surface area contributed by atoms with Crippen molar-refractivity contribution in [2.45, 2.75) is 19.5 Å². The maximum Gasteiger partial charge on any atom is 0.573 e. The molecule has 0 aliphatic heterocycles. The molecule has 0 bridgehead atoms. The highest BCUT2D eigenvalue weighted by Crippen LogP contribution is 2.24. The van der Waals surface area contributed by atoms with Gasteiger partial charge in [0, 0.05) is 37.8 Å². The summed E-state index contributed by atoms with van der Waals surface area (Å²) in [7, 11) is -1.40. The van der Waals surface area contributed by atoms with E-state index in [0.717, 1.165) is 20.7 Å². The molecule has 0 saturated heterocycles. The van der Waals surface area contributed by atoms with E-state index in [9.17, 15) is 26.0 Å². The van der Waals surface area contributed by atoms with Gasteiger partial charge < -0.3 is 4.74 Å². The fourth-order valence-corrected chi connectivity index (χ4v) is 3.66. The fourth-order valence-electron chi connectivity index (χ4n) is 2.36. The van der Waals surface area contributed by atoms with Gasteiger partial charge in [-0.1, -0.05) is 29.8 Å². The summed E-state index contributed by atoms with van der Waals surface area (Å²) in [5, 5.41) is 0.102. The molecule has 0 heterocycles. The quantitative estimate of drug-likeness (QED) is 0.607. The second-order valence-electron chi connectivity index (χ2n) is 5.91. The van der Waals surface area contributed by atoms with Gasteiger partial charge in [0.1, 0.15) is 11.6 Å². The van der Waals surface area contributed by atoms with Crippen LogP contribution in [0.3, 0.4) is 0 Å². The maximum atomic E-state index is 13.9. The van der Waals surface area contributed by atoms with Gasteiger partial charge in [-0.2, -0.15) is 17.0 Å². The van der Waals surface area contributed by atoms with Crippen LogP contribution < -0.4 is 4.74 Å².